The van der Waals surface area contributed by atoms with Crippen LogP contribution >= 0.6 is 0 Å². The summed E-state index contributed by atoms with van der Waals surface area (Å²) in [4.78, 5) is 24.5. The number of methoxy groups -OCH3 is 1. The highest BCUT2D eigenvalue weighted by molar-refractivity contribution is 5.99. The number of nitrogens with zero attached hydrogens (tertiary/aromatic N) is 1. The highest BCUT2D eigenvalue weighted by atomic mass is 16.5. The van der Waals surface area contributed by atoms with Crippen LogP contribution in [0.5, 0.6) is 5.75 Å². The van der Waals surface area contributed by atoms with Crippen molar-refractivity contribution in [3.8, 4) is 5.75 Å². The minimum absolute atomic E-state index is 0.0383. The van der Waals surface area contributed by atoms with E-state index in [4.69, 9.17) is 4.74 Å². The van der Waals surface area contributed by atoms with E-state index in [1.54, 1.807) is 43.4 Å². The lowest BCUT2D eigenvalue weighted by atomic mass is 10.0. The van der Waals surface area contributed by atoms with Gasteiger partial charge in [0.2, 0.25) is 0 Å². The van der Waals surface area contributed by atoms with Gasteiger partial charge in [-0.3, -0.25) is 15.0 Å². The predicted molar refractivity (Wildman–Crippen MR) is 80.9 cm³/mol. The van der Waals surface area contributed by atoms with Crippen molar-refractivity contribution in [1.82, 2.24) is 15.8 Å². The Morgan fingerprint density at radius 2 is 1.81 bits per heavy atom. The number of hydrogen-bond donors (Lipinski definition) is 2. The quantitative estimate of drug-likeness (QED) is 0.769. The summed E-state index contributed by atoms with van der Waals surface area (Å²) >= 11 is 0. The summed E-state index contributed by atoms with van der Waals surface area (Å²) < 4.78 is 5.16. The maximum atomic E-state index is 12.3. The molecule has 1 aromatic rings. The summed E-state index contributed by atoms with van der Waals surface area (Å²) in [6.45, 7) is 3.75. The Hall–Kier alpha value is -2.08. The van der Waals surface area contributed by atoms with Gasteiger partial charge in [-0.1, -0.05) is 26.0 Å². The van der Waals surface area contributed by atoms with E-state index in [9.17, 15) is 9.59 Å². The van der Waals surface area contributed by atoms with Crippen molar-refractivity contribution in [3.05, 3.63) is 29.8 Å². The lowest BCUT2D eigenvalue weighted by Gasteiger charge is -2.24. The molecule has 0 aromatic heterocycles. The van der Waals surface area contributed by atoms with Gasteiger partial charge in [-0.05, 0) is 18.1 Å². The summed E-state index contributed by atoms with van der Waals surface area (Å²) in [7, 11) is 4.94. The van der Waals surface area contributed by atoms with Gasteiger partial charge in [0, 0.05) is 14.1 Å². The van der Waals surface area contributed by atoms with Crippen molar-refractivity contribution in [2.45, 2.75) is 19.9 Å². The third-order valence-electron chi connectivity index (χ3n) is 2.92. The van der Waals surface area contributed by atoms with Gasteiger partial charge in [0.1, 0.15) is 11.8 Å². The molecule has 0 fully saturated rings. The third kappa shape index (κ3) is 4.75. The van der Waals surface area contributed by atoms with E-state index in [0.29, 0.717) is 11.3 Å². The molecule has 0 unspecified atom stereocenters. The highest BCUT2D eigenvalue weighted by Crippen LogP contribution is 2.17. The zero-order valence-corrected chi connectivity index (χ0v) is 13.1. The van der Waals surface area contributed by atoms with Crippen molar-refractivity contribution in [2.24, 2.45) is 5.92 Å². The van der Waals surface area contributed by atoms with Crippen molar-refractivity contribution in [2.75, 3.05) is 21.2 Å². The molecule has 6 nitrogen and oxygen atoms in total. The number of ether oxygens (including phenoxy) is 1. The highest BCUT2D eigenvalue weighted by Gasteiger charge is 2.25. The second-order valence-corrected chi connectivity index (χ2v) is 5.27. The smallest absolute Gasteiger partial charge is 0.257 e. The first-order chi connectivity index (χ1) is 9.86. The van der Waals surface area contributed by atoms with E-state index < -0.39 is 6.04 Å². The standard InChI is InChI=1S/C15H23N3O3/c1-10(2)13(15(20)17-18(3)4)16-14(19)11-8-6-7-9-12(11)21-5/h6-10,13H,1-5H3,(H,16,19)(H,17,20)/t13-/m0/s1. The van der Waals surface area contributed by atoms with Crippen LogP contribution in [0, 0.1) is 5.92 Å². The zero-order chi connectivity index (χ0) is 16.0. The SMILES string of the molecule is COc1ccccc1C(=O)N[C@H](C(=O)NN(C)C)C(C)C. The van der Waals surface area contributed by atoms with Crippen molar-refractivity contribution in [1.29, 1.82) is 0 Å². The van der Waals surface area contributed by atoms with Crippen LogP contribution in [-0.4, -0.2) is 44.1 Å². The molecule has 0 aliphatic carbocycles. The molecular formula is C15H23N3O3. The van der Waals surface area contributed by atoms with Gasteiger partial charge in [0.25, 0.3) is 11.8 Å². The lowest BCUT2D eigenvalue weighted by molar-refractivity contribution is -0.127. The largest absolute Gasteiger partial charge is 0.496 e. The van der Waals surface area contributed by atoms with Crippen LogP contribution < -0.4 is 15.5 Å². The Morgan fingerprint density at radius 3 is 2.33 bits per heavy atom. The molecule has 1 aromatic carbocycles. The Morgan fingerprint density at radius 1 is 1.19 bits per heavy atom. The first-order valence-corrected chi connectivity index (χ1v) is 6.78. The lowest BCUT2D eigenvalue weighted by Crippen LogP contribution is -2.52. The van der Waals surface area contributed by atoms with Crippen LogP contribution in [0.15, 0.2) is 24.3 Å². The van der Waals surface area contributed by atoms with Crippen LogP contribution in [0.2, 0.25) is 0 Å². The molecule has 116 valence electrons. The Labute approximate surface area is 125 Å². The van der Waals surface area contributed by atoms with Gasteiger partial charge in [-0.25, -0.2) is 5.01 Å². The number of benzene rings is 1. The number of nitrogens with one attached hydrogen (secondary N) is 2. The summed E-state index contributed by atoms with van der Waals surface area (Å²) in [5, 5.41) is 4.30. The minimum Gasteiger partial charge on any atom is -0.496 e. The van der Waals surface area contributed by atoms with Gasteiger partial charge in [-0.15, -0.1) is 0 Å². The molecule has 21 heavy (non-hydrogen) atoms. The number of amides is 2. The molecule has 1 atom stereocenters. The monoisotopic (exact) mass is 293 g/mol. The molecule has 0 heterocycles. The second kappa shape index (κ2) is 7.64. The maximum Gasteiger partial charge on any atom is 0.257 e. The van der Waals surface area contributed by atoms with Crippen LogP contribution in [0.4, 0.5) is 0 Å². The van der Waals surface area contributed by atoms with Crippen molar-refractivity contribution >= 4 is 11.8 Å². The van der Waals surface area contributed by atoms with Gasteiger partial charge in [-0.2, -0.15) is 0 Å². The predicted octanol–water partition coefficient (Wildman–Crippen LogP) is 1.04. The van der Waals surface area contributed by atoms with Crippen LogP contribution in [0.25, 0.3) is 0 Å². The molecule has 2 amide bonds. The van der Waals surface area contributed by atoms with Gasteiger partial charge in [0.05, 0.1) is 12.7 Å². The number of para-hydroxylation sites is 1. The van der Waals surface area contributed by atoms with E-state index in [2.05, 4.69) is 10.7 Å². The first kappa shape index (κ1) is 17.0. The average molecular weight is 293 g/mol. The molecule has 0 bridgehead atoms. The zero-order valence-electron chi connectivity index (χ0n) is 13.1. The van der Waals surface area contributed by atoms with Crippen LogP contribution in [0.1, 0.15) is 24.2 Å². The van der Waals surface area contributed by atoms with E-state index in [0.717, 1.165) is 0 Å². The fraction of sp³-hybridized carbons (Fsp3) is 0.467. The first-order valence-electron chi connectivity index (χ1n) is 6.78. The van der Waals surface area contributed by atoms with Gasteiger partial charge in [0.15, 0.2) is 0 Å². The third-order valence-corrected chi connectivity index (χ3v) is 2.92. The van der Waals surface area contributed by atoms with Crippen LogP contribution in [-0.2, 0) is 4.79 Å². The van der Waals surface area contributed by atoms with Gasteiger partial charge < -0.3 is 10.1 Å². The molecule has 0 radical (unpaired) electrons. The van der Waals surface area contributed by atoms with Crippen molar-refractivity contribution in [3.63, 3.8) is 0 Å². The second-order valence-electron chi connectivity index (χ2n) is 5.27. The molecule has 1 rings (SSSR count). The average Bonchev–Trinajstić information content (AvgIpc) is 2.43. The Balaban J connectivity index is 2.89. The van der Waals surface area contributed by atoms with E-state index in [1.807, 2.05) is 13.8 Å². The molecule has 0 aliphatic heterocycles. The number of hydrogen-bond acceptors (Lipinski definition) is 4. The molecule has 0 saturated carbocycles. The summed E-state index contributed by atoms with van der Waals surface area (Å²) in [6, 6.07) is 6.29. The van der Waals surface area contributed by atoms with E-state index in [-0.39, 0.29) is 17.7 Å². The van der Waals surface area contributed by atoms with E-state index in [1.165, 1.54) is 7.11 Å². The molecule has 6 heteroatoms. The molecular weight excluding hydrogens is 270 g/mol. The summed E-state index contributed by atoms with van der Waals surface area (Å²) in [5.74, 6) is -0.146. The Bertz CT molecular complexity index is 501. The number of rotatable bonds is 6. The molecule has 2 N–H and O–H groups in total. The molecule has 0 spiro atoms. The normalized spacial score (nSPS) is 12.1. The minimum atomic E-state index is -0.621. The number of hydrazine groups is 1. The maximum absolute atomic E-state index is 12.3. The van der Waals surface area contributed by atoms with Crippen LogP contribution in [0.3, 0.4) is 0 Å². The summed E-state index contributed by atoms with van der Waals surface area (Å²) in [5.41, 5.74) is 3.06. The van der Waals surface area contributed by atoms with E-state index >= 15 is 0 Å². The topological polar surface area (TPSA) is 70.7 Å². The number of carbonyl (C=O) groups is 2. The van der Waals surface area contributed by atoms with Gasteiger partial charge >= 0.3 is 0 Å². The fourth-order valence-corrected chi connectivity index (χ4v) is 1.88. The Kier molecular flexibility index (Phi) is 6.17. The summed E-state index contributed by atoms with van der Waals surface area (Å²) in [6.07, 6.45) is 0. The number of carbonyl (C=O) groups excluding carboxylic acids is 2. The molecule has 0 aliphatic rings. The van der Waals surface area contributed by atoms with Crippen molar-refractivity contribution < 1.29 is 14.3 Å². The fourth-order valence-electron chi connectivity index (χ4n) is 1.88. The molecule has 0 saturated heterocycles.